The lowest BCUT2D eigenvalue weighted by Gasteiger charge is -2.23. The number of azo groups is 2. The summed E-state index contributed by atoms with van der Waals surface area (Å²) in [5, 5.41) is 44.3. The topological polar surface area (TPSA) is 663 Å². The third kappa shape index (κ3) is 15.5. The molecule has 0 aliphatic carbocycles. The number of rotatable bonds is 20. The normalized spacial score (nSPS) is 13.4. The minimum absolute atomic E-state index is 0.178. The van der Waals surface area contributed by atoms with Crippen molar-refractivity contribution in [1.82, 2.24) is 29.9 Å². The van der Waals surface area contributed by atoms with Crippen molar-refractivity contribution in [3.63, 3.8) is 0 Å². The largest absolute Gasteiger partial charge is 0.505 e. The van der Waals surface area contributed by atoms with Gasteiger partial charge in [-0.15, -0.1) is 20.5 Å². The van der Waals surface area contributed by atoms with Gasteiger partial charge in [-0.25, -0.2) is 0 Å². The van der Waals surface area contributed by atoms with Crippen LogP contribution in [0.1, 0.15) is 0 Å². The second-order valence-electron chi connectivity index (χ2n) is 20.7. The zero-order valence-electron chi connectivity index (χ0n) is 49.2. The fourth-order valence-electron chi connectivity index (χ4n) is 10.0. The zero-order valence-corrected chi connectivity index (χ0v) is 57.2. The lowest BCUT2D eigenvalue weighted by atomic mass is 10.1. The Morgan fingerprint density at radius 2 is 0.696 bits per heavy atom. The molecular formula is C52H38Cl2N14O26S8. The summed E-state index contributed by atoms with van der Waals surface area (Å²) in [6.45, 7) is 0. The highest BCUT2D eigenvalue weighted by Gasteiger charge is 2.32. The van der Waals surface area contributed by atoms with Gasteiger partial charge in [-0.1, -0.05) is 36.4 Å². The van der Waals surface area contributed by atoms with Crippen LogP contribution in [0, 0.1) is 0 Å². The number of phenols is 2. The molecule has 0 spiro atoms. The van der Waals surface area contributed by atoms with E-state index in [1.165, 1.54) is 24.3 Å². The van der Waals surface area contributed by atoms with Crippen LogP contribution in [0.4, 0.5) is 69.3 Å². The number of nitrogens with one attached hydrogen (secondary N) is 4. The lowest BCUT2D eigenvalue weighted by molar-refractivity contribution is 0.373. The number of hydrogen-bond acceptors (Lipinski definition) is 34. The van der Waals surface area contributed by atoms with Gasteiger partial charge in [0.2, 0.25) is 34.4 Å². The van der Waals surface area contributed by atoms with Crippen molar-refractivity contribution in [3.05, 3.63) is 132 Å². The summed E-state index contributed by atoms with van der Waals surface area (Å²) in [6, 6.07) is 19.2. The van der Waals surface area contributed by atoms with Gasteiger partial charge in [-0.05, 0) is 119 Å². The molecule has 50 heteroatoms. The van der Waals surface area contributed by atoms with Crippen molar-refractivity contribution in [2.24, 2.45) is 20.5 Å². The number of nitrogens with zero attached hydrogens (tertiary/aromatic N) is 10. The predicted molar refractivity (Wildman–Crippen MR) is 363 cm³/mol. The summed E-state index contributed by atoms with van der Waals surface area (Å²) >= 11 is 12.6. The molecule has 0 saturated heterocycles. The summed E-state index contributed by atoms with van der Waals surface area (Å²) in [5.74, 6) is -4.21. The Kier molecular flexibility index (Phi) is 19.1. The first-order valence-corrected chi connectivity index (χ1v) is 39.1. The minimum Gasteiger partial charge on any atom is -0.505 e. The van der Waals surface area contributed by atoms with Crippen molar-refractivity contribution < 1.29 is 115 Å². The van der Waals surface area contributed by atoms with E-state index in [9.17, 15) is 115 Å². The van der Waals surface area contributed by atoms with Crippen molar-refractivity contribution in [2.75, 3.05) is 21.3 Å². The second-order valence-corrected chi connectivity index (χ2v) is 32.7. The van der Waals surface area contributed by atoms with Gasteiger partial charge in [0.25, 0.3) is 60.7 Å². The maximum atomic E-state index is 12.9. The Hall–Kier alpha value is -9.46. The molecule has 2 heterocycles. The van der Waals surface area contributed by atoms with Gasteiger partial charge in [-0.2, -0.15) is 80.4 Å². The van der Waals surface area contributed by atoms with Gasteiger partial charge in [0.1, 0.15) is 69.0 Å². The van der Waals surface area contributed by atoms with Crippen LogP contribution in [-0.2, 0) is 60.7 Å². The van der Waals surface area contributed by atoms with E-state index in [2.05, 4.69) is 71.6 Å². The predicted octanol–water partition coefficient (Wildman–Crippen LogP) is 11.8. The van der Waals surface area contributed by atoms with Gasteiger partial charge >= 0.3 is 0 Å². The summed E-state index contributed by atoms with van der Waals surface area (Å²) in [7, 11) is -41.3. The Balaban J connectivity index is 0.896. The maximum Gasteiger partial charge on any atom is 0.297 e. The van der Waals surface area contributed by atoms with Gasteiger partial charge in [-0.3, -0.25) is 27.3 Å². The molecule has 0 saturated carbocycles. The van der Waals surface area contributed by atoms with E-state index in [4.69, 9.17) is 23.2 Å². The van der Waals surface area contributed by atoms with Crippen LogP contribution in [0.3, 0.4) is 0 Å². The van der Waals surface area contributed by atoms with Crippen LogP contribution in [-0.4, -0.2) is 145 Å². The summed E-state index contributed by atoms with van der Waals surface area (Å²) in [6.07, 6.45) is 0. The summed E-state index contributed by atoms with van der Waals surface area (Å²) in [5.41, 5.74) is -4.52. The molecule has 0 fully saturated rings. The fraction of sp³-hybridized carbons (Fsp3) is 0. The number of phenolic OH excluding ortho intramolecular Hbond substituents is 2. The molecule has 0 atom stereocenters. The average molecular weight is 1600 g/mol. The van der Waals surface area contributed by atoms with E-state index in [0.717, 1.165) is 72.8 Å². The smallest absolute Gasteiger partial charge is 0.297 e. The molecule has 11 rings (SSSR count). The Labute approximate surface area is 583 Å². The number of aromatic nitrogens is 6. The highest BCUT2D eigenvalue weighted by molar-refractivity contribution is 8.19. The van der Waals surface area contributed by atoms with E-state index in [0.29, 0.717) is 24.3 Å². The van der Waals surface area contributed by atoms with E-state index in [1.54, 1.807) is 0 Å². The van der Waals surface area contributed by atoms with Gasteiger partial charge < -0.3 is 58.8 Å². The molecule has 40 nitrogen and oxygen atoms in total. The molecule has 0 aliphatic rings. The minimum atomic E-state index is -5.51. The molecule has 102 heavy (non-hydrogen) atoms. The van der Waals surface area contributed by atoms with Crippen LogP contribution in [0.25, 0.3) is 43.1 Å². The first kappa shape index (κ1) is 73.8. The summed E-state index contributed by atoms with van der Waals surface area (Å²) in [4.78, 5) is 16.5. The number of benzene rings is 9. The molecule has 2 aromatic heterocycles. The third-order valence-corrected chi connectivity index (χ3v) is 21.5. The highest BCUT2D eigenvalue weighted by Crippen LogP contribution is 2.57. The molecule has 9 aromatic carbocycles. The van der Waals surface area contributed by atoms with Crippen molar-refractivity contribution in [3.8, 4) is 11.5 Å². The van der Waals surface area contributed by atoms with Crippen LogP contribution >= 0.6 is 44.9 Å². The highest BCUT2D eigenvalue weighted by atomic mass is 35.5. The SMILES string of the molecule is O=S(=O)(O)c1cc(Nc2nc(Cl)nc(Nc3ccc(Nc4nc(Cl)nc(Nc5cc(S(O)(O)O)cc6cc(S(=O)(=O)O)c(N=Nc7ccc8c(S(=O)(=O)O)cccc8c7S(=O)(=O)O)c(O)c56)n4)cc3)n2)c2c(O)c(N=Nc3ccc4c(S(=O)(=O)O)cccc4c3S(=O)(=O)O)c(S(O)(O)O)cc2c1. The molecule has 0 amide bonds. The molecule has 11 aromatic rings. The third-order valence-electron chi connectivity index (χ3n) is 14.0. The monoisotopic (exact) mass is 1600 g/mol. The molecular weight excluding hydrogens is 1560 g/mol. The standard InChI is InChI=1S/C52H38Cl2N14O26S8/c53-47-59-49(63-51(61-47)57-33-19-25(95(71,72)73)15-21-17-37(99(83,84)85)41(43(69)39(21)33)67-65-31-13-11-27-29(45(31)101(89,90)91)3-1-5-35(27)97(77,78)79)55-23-7-9-24(10-8-23)56-50-60-48(54)62-52(64-50)58-34-20-26(96(74,75)76)16-22-18-38(100(86,87)88)42(44(70)40(22)34)68-66-32-14-12-28-30(46(32)102(92,93)94)4-2-6-36(28)98(80,81)82/h1-20,69-73,86-88H,(H,74,75,76)(H,77,78,79)(H,80,81,82)(H,83,84,85)(H,89,90,91)(H,92,93,94)(H2,55,57,59,61,63)(H2,56,58,60,62,64). The van der Waals surface area contributed by atoms with Gasteiger partial charge in [0.05, 0.1) is 26.1 Å². The molecule has 534 valence electrons. The van der Waals surface area contributed by atoms with Crippen LogP contribution < -0.4 is 21.3 Å². The number of anilines is 8. The number of hydrogen-bond donors (Lipinski definition) is 18. The van der Waals surface area contributed by atoms with E-state index < -0.39 is 233 Å². The van der Waals surface area contributed by atoms with E-state index >= 15 is 0 Å². The molecule has 0 unspecified atom stereocenters. The first-order chi connectivity index (χ1) is 47.2. The Bertz CT molecular complexity index is 6250. The number of halogens is 2. The average Bonchev–Trinajstić information content (AvgIpc) is 0.756. The van der Waals surface area contributed by atoms with Crippen molar-refractivity contribution in [1.29, 1.82) is 0 Å². The lowest BCUT2D eigenvalue weighted by Crippen LogP contribution is -2.06. The second kappa shape index (κ2) is 26.4. The number of fused-ring (bicyclic) bond motifs is 4. The fourth-order valence-corrected chi connectivity index (χ4v) is 15.9. The van der Waals surface area contributed by atoms with Gasteiger partial charge in [0, 0.05) is 43.7 Å². The Morgan fingerprint density at radius 1 is 0.333 bits per heavy atom. The Morgan fingerprint density at radius 3 is 1.06 bits per heavy atom. The van der Waals surface area contributed by atoms with Crippen LogP contribution in [0.2, 0.25) is 10.6 Å². The quantitative estimate of drug-likeness (QED) is 0.0249. The molecule has 0 bridgehead atoms. The van der Waals surface area contributed by atoms with Crippen molar-refractivity contribution >= 4 is 218 Å². The van der Waals surface area contributed by atoms with E-state index in [-0.39, 0.29) is 23.3 Å². The maximum absolute atomic E-state index is 12.9. The van der Waals surface area contributed by atoms with Gasteiger partial charge in [0.15, 0.2) is 11.5 Å². The molecule has 0 aliphatic heterocycles. The molecule has 18 N–H and O–H groups in total. The van der Waals surface area contributed by atoms with Crippen LogP contribution in [0.5, 0.6) is 11.5 Å². The first-order valence-electron chi connectivity index (χ1n) is 26.7. The zero-order chi connectivity index (χ0) is 74.5. The molecule has 0 radical (unpaired) electrons. The number of aromatic hydroxyl groups is 2. The summed E-state index contributed by atoms with van der Waals surface area (Å²) < 4.78 is 274. The van der Waals surface area contributed by atoms with Crippen LogP contribution in [0.15, 0.2) is 181 Å². The van der Waals surface area contributed by atoms with E-state index in [1.807, 2.05) is 0 Å². The van der Waals surface area contributed by atoms with Crippen molar-refractivity contribution in [2.45, 2.75) is 39.2 Å².